The highest BCUT2D eigenvalue weighted by Crippen LogP contribution is 2.24. The van der Waals surface area contributed by atoms with Gasteiger partial charge in [-0.2, -0.15) is 5.26 Å². The molecule has 0 saturated carbocycles. The summed E-state index contributed by atoms with van der Waals surface area (Å²) in [6.45, 7) is 0. The Balaban J connectivity index is 2.11. The number of ether oxygens (including phenoxy) is 1. The summed E-state index contributed by atoms with van der Waals surface area (Å²) >= 11 is 1.70. The number of hydrogen-bond donors (Lipinski definition) is 0. The van der Waals surface area contributed by atoms with Crippen molar-refractivity contribution in [1.82, 2.24) is 0 Å². The molecule has 0 heterocycles. The molecule has 2 nitrogen and oxygen atoms in total. The van der Waals surface area contributed by atoms with Gasteiger partial charge in [0.25, 0.3) is 0 Å². The molecule has 84 valence electrons. The van der Waals surface area contributed by atoms with E-state index in [1.54, 1.807) is 36.0 Å². The van der Waals surface area contributed by atoms with Crippen LogP contribution in [0, 0.1) is 11.3 Å². The van der Waals surface area contributed by atoms with E-state index < -0.39 is 0 Å². The lowest BCUT2D eigenvalue weighted by Gasteiger charge is -2.05. The summed E-state index contributed by atoms with van der Waals surface area (Å²) in [6.07, 6.45) is 2.04. The van der Waals surface area contributed by atoms with E-state index in [0.717, 1.165) is 11.5 Å². The summed E-state index contributed by atoms with van der Waals surface area (Å²) in [5.74, 6) is 1.54. The predicted octanol–water partition coefficient (Wildman–Crippen LogP) is 4.07. The lowest BCUT2D eigenvalue weighted by molar-refractivity contribution is 0.482. The van der Waals surface area contributed by atoms with Crippen molar-refractivity contribution >= 4 is 11.8 Å². The van der Waals surface area contributed by atoms with Crippen LogP contribution in [0.15, 0.2) is 53.4 Å². The molecule has 0 radical (unpaired) electrons. The number of hydrogen-bond acceptors (Lipinski definition) is 3. The van der Waals surface area contributed by atoms with Crippen LogP contribution in [-0.4, -0.2) is 6.26 Å². The Hall–Kier alpha value is -1.92. The SMILES string of the molecule is CSc1ccc(Oc2ccc(C#N)cc2)cc1. The van der Waals surface area contributed by atoms with Crippen molar-refractivity contribution in [3.8, 4) is 17.6 Å². The van der Waals surface area contributed by atoms with Crippen LogP contribution in [0.2, 0.25) is 0 Å². The second-order valence-corrected chi connectivity index (χ2v) is 4.29. The second-order valence-electron chi connectivity index (χ2n) is 3.41. The van der Waals surface area contributed by atoms with Crippen LogP contribution < -0.4 is 4.74 Å². The first-order valence-corrected chi connectivity index (χ1v) is 6.36. The molecular weight excluding hydrogens is 230 g/mol. The minimum absolute atomic E-state index is 0.634. The standard InChI is InChI=1S/C14H11NOS/c1-17-14-8-6-13(7-9-14)16-12-4-2-11(10-15)3-5-12/h2-9H,1H3. The molecule has 0 aliphatic heterocycles. The van der Waals surface area contributed by atoms with E-state index >= 15 is 0 Å². The van der Waals surface area contributed by atoms with E-state index in [1.165, 1.54) is 4.90 Å². The summed E-state index contributed by atoms with van der Waals surface area (Å²) in [6, 6.07) is 17.0. The fraction of sp³-hybridized carbons (Fsp3) is 0.0714. The summed E-state index contributed by atoms with van der Waals surface area (Å²) in [7, 11) is 0. The zero-order valence-corrected chi connectivity index (χ0v) is 10.2. The zero-order valence-electron chi connectivity index (χ0n) is 9.38. The average molecular weight is 241 g/mol. The summed E-state index contributed by atoms with van der Waals surface area (Å²) < 4.78 is 5.66. The smallest absolute Gasteiger partial charge is 0.127 e. The van der Waals surface area contributed by atoms with Crippen LogP contribution >= 0.6 is 11.8 Å². The zero-order chi connectivity index (χ0) is 12.1. The van der Waals surface area contributed by atoms with Crippen LogP contribution in [0.25, 0.3) is 0 Å². The van der Waals surface area contributed by atoms with Gasteiger partial charge in [-0.15, -0.1) is 11.8 Å². The van der Waals surface area contributed by atoms with Crippen molar-refractivity contribution < 1.29 is 4.74 Å². The molecule has 0 bridgehead atoms. The highest BCUT2D eigenvalue weighted by Gasteiger charge is 1.98. The topological polar surface area (TPSA) is 33.0 Å². The predicted molar refractivity (Wildman–Crippen MR) is 69.5 cm³/mol. The third kappa shape index (κ3) is 3.02. The first-order chi connectivity index (χ1) is 8.31. The molecule has 0 aliphatic carbocycles. The largest absolute Gasteiger partial charge is 0.457 e. The third-order valence-electron chi connectivity index (χ3n) is 2.28. The van der Waals surface area contributed by atoms with Gasteiger partial charge in [0.15, 0.2) is 0 Å². The summed E-state index contributed by atoms with van der Waals surface area (Å²) in [4.78, 5) is 1.21. The van der Waals surface area contributed by atoms with Crippen molar-refractivity contribution in [2.24, 2.45) is 0 Å². The third-order valence-corrected chi connectivity index (χ3v) is 3.02. The molecule has 0 aliphatic rings. The Morgan fingerprint density at radius 3 is 1.94 bits per heavy atom. The second kappa shape index (κ2) is 5.42. The Morgan fingerprint density at radius 1 is 0.941 bits per heavy atom. The number of rotatable bonds is 3. The molecule has 2 aromatic rings. The molecule has 0 unspecified atom stereocenters. The molecule has 17 heavy (non-hydrogen) atoms. The fourth-order valence-corrected chi connectivity index (χ4v) is 1.79. The van der Waals surface area contributed by atoms with Gasteiger partial charge in [-0.25, -0.2) is 0 Å². The van der Waals surface area contributed by atoms with Gasteiger partial charge in [-0.3, -0.25) is 0 Å². The number of benzene rings is 2. The van der Waals surface area contributed by atoms with Crippen LogP contribution in [0.4, 0.5) is 0 Å². The minimum Gasteiger partial charge on any atom is -0.457 e. The highest BCUT2D eigenvalue weighted by molar-refractivity contribution is 7.98. The van der Waals surface area contributed by atoms with Crippen molar-refractivity contribution in [1.29, 1.82) is 5.26 Å². The maximum atomic E-state index is 8.68. The van der Waals surface area contributed by atoms with Gasteiger partial charge >= 0.3 is 0 Å². The van der Waals surface area contributed by atoms with Crippen LogP contribution in [-0.2, 0) is 0 Å². The van der Waals surface area contributed by atoms with E-state index in [9.17, 15) is 0 Å². The molecule has 0 aromatic heterocycles. The van der Waals surface area contributed by atoms with E-state index in [4.69, 9.17) is 10.00 Å². The molecule has 0 fully saturated rings. The average Bonchev–Trinajstić information content (AvgIpc) is 2.40. The van der Waals surface area contributed by atoms with Gasteiger partial charge < -0.3 is 4.74 Å². The van der Waals surface area contributed by atoms with Crippen LogP contribution in [0.1, 0.15) is 5.56 Å². The minimum atomic E-state index is 0.634. The number of nitrogens with zero attached hydrogens (tertiary/aromatic N) is 1. The van der Waals surface area contributed by atoms with Crippen LogP contribution in [0.3, 0.4) is 0 Å². The summed E-state index contributed by atoms with van der Waals surface area (Å²) in [5, 5.41) is 8.68. The monoisotopic (exact) mass is 241 g/mol. The van der Waals surface area contributed by atoms with Crippen molar-refractivity contribution in [3.63, 3.8) is 0 Å². The maximum absolute atomic E-state index is 8.68. The quantitative estimate of drug-likeness (QED) is 0.759. The van der Waals surface area contributed by atoms with Crippen molar-refractivity contribution in [3.05, 3.63) is 54.1 Å². The van der Waals surface area contributed by atoms with Crippen molar-refractivity contribution in [2.45, 2.75) is 4.90 Å². The molecular formula is C14H11NOS. The van der Waals surface area contributed by atoms with E-state index in [1.807, 2.05) is 30.5 Å². The molecule has 0 spiro atoms. The molecule has 0 atom stereocenters. The Kier molecular flexibility index (Phi) is 3.69. The molecule has 2 rings (SSSR count). The van der Waals surface area contributed by atoms with Gasteiger partial charge in [0.1, 0.15) is 11.5 Å². The highest BCUT2D eigenvalue weighted by atomic mass is 32.2. The molecule has 0 amide bonds. The van der Waals surface area contributed by atoms with Gasteiger partial charge in [0.05, 0.1) is 11.6 Å². The lowest BCUT2D eigenvalue weighted by Crippen LogP contribution is -1.84. The maximum Gasteiger partial charge on any atom is 0.127 e. The van der Waals surface area contributed by atoms with Crippen molar-refractivity contribution in [2.75, 3.05) is 6.26 Å². The Labute approximate surface area is 105 Å². The number of nitriles is 1. The molecule has 3 heteroatoms. The van der Waals surface area contributed by atoms with Gasteiger partial charge in [-0.05, 0) is 54.8 Å². The molecule has 0 N–H and O–H groups in total. The van der Waals surface area contributed by atoms with Gasteiger partial charge in [-0.1, -0.05) is 0 Å². The van der Waals surface area contributed by atoms with Gasteiger partial charge in [0.2, 0.25) is 0 Å². The molecule has 0 saturated heterocycles. The van der Waals surface area contributed by atoms with E-state index in [0.29, 0.717) is 5.56 Å². The summed E-state index contributed by atoms with van der Waals surface area (Å²) in [5.41, 5.74) is 0.634. The fourth-order valence-electron chi connectivity index (χ4n) is 1.38. The lowest BCUT2D eigenvalue weighted by atomic mass is 10.2. The number of thioether (sulfide) groups is 1. The Bertz CT molecular complexity index is 526. The van der Waals surface area contributed by atoms with Gasteiger partial charge in [0, 0.05) is 4.90 Å². The van der Waals surface area contributed by atoms with E-state index in [2.05, 4.69) is 6.07 Å². The first kappa shape index (κ1) is 11.6. The first-order valence-electron chi connectivity index (χ1n) is 5.14. The van der Waals surface area contributed by atoms with E-state index in [-0.39, 0.29) is 0 Å². The molecule has 2 aromatic carbocycles. The van der Waals surface area contributed by atoms with Crippen LogP contribution in [0.5, 0.6) is 11.5 Å². The normalized spacial score (nSPS) is 9.65. The Morgan fingerprint density at radius 2 is 1.47 bits per heavy atom.